The Morgan fingerprint density at radius 1 is 1.35 bits per heavy atom. The molecule has 0 amide bonds. The summed E-state index contributed by atoms with van der Waals surface area (Å²) < 4.78 is 27.9. The SMILES string of the molecule is COS(=O)(=O)Cc1cnc2ccc(Cl)cc2c1C(C)C. The van der Waals surface area contributed by atoms with Crippen LogP contribution in [-0.4, -0.2) is 20.5 Å². The molecular weight excluding hydrogens is 298 g/mol. The van der Waals surface area contributed by atoms with Crippen molar-refractivity contribution in [2.75, 3.05) is 7.11 Å². The molecule has 0 bridgehead atoms. The third-order valence-corrected chi connectivity index (χ3v) is 4.53. The zero-order valence-electron chi connectivity index (χ0n) is 11.6. The van der Waals surface area contributed by atoms with Crippen molar-refractivity contribution >= 4 is 32.6 Å². The van der Waals surface area contributed by atoms with E-state index in [0.717, 1.165) is 23.6 Å². The van der Waals surface area contributed by atoms with Crippen LogP contribution in [0.15, 0.2) is 24.4 Å². The van der Waals surface area contributed by atoms with Crippen LogP contribution in [0, 0.1) is 0 Å². The van der Waals surface area contributed by atoms with Crippen LogP contribution in [0.2, 0.25) is 5.02 Å². The molecule has 6 heteroatoms. The van der Waals surface area contributed by atoms with E-state index in [4.69, 9.17) is 11.6 Å². The minimum absolute atomic E-state index is 0.154. The number of nitrogens with zero attached hydrogens (tertiary/aromatic N) is 1. The molecule has 1 aromatic heterocycles. The lowest BCUT2D eigenvalue weighted by atomic mass is 9.95. The van der Waals surface area contributed by atoms with Gasteiger partial charge in [-0.05, 0) is 35.2 Å². The van der Waals surface area contributed by atoms with Gasteiger partial charge in [-0.1, -0.05) is 25.4 Å². The van der Waals surface area contributed by atoms with Gasteiger partial charge in [0.05, 0.1) is 12.6 Å². The van der Waals surface area contributed by atoms with Crippen molar-refractivity contribution in [2.24, 2.45) is 0 Å². The highest BCUT2D eigenvalue weighted by Crippen LogP contribution is 2.30. The van der Waals surface area contributed by atoms with Crippen LogP contribution < -0.4 is 0 Å². The van der Waals surface area contributed by atoms with E-state index in [9.17, 15) is 8.42 Å². The van der Waals surface area contributed by atoms with Crippen LogP contribution in [0.3, 0.4) is 0 Å². The van der Waals surface area contributed by atoms with Crippen LogP contribution >= 0.6 is 11.6 Å². The first kappa shape index (κ1) is 15.2. The number of aromatic nitrogens is 1. The van der Waals surface area contributed by atoms with E-state index in [-0.39, 0.29) is 11.7 Å². The van der Waals surface area contributed by atoms with E-state index in [1.807, 2.05) is 26.0 Å². The van der Waals surface area contributed by atoms with Crippen molar-refractivity contribution in [3.05, 3.63) is 40.5 Å². The molecule has 108 valence electrons. The van der Waals surface area contributed by atoms with Gasteiger partial charge in [-0.3, -0.25) is 9.17 Å². The first-order valence-corrected chi connectivity index (χ1v) is 8.15. The number of benzene rings is 1. The molecule has 0 atom stereocenters. The fourth-order valence-electron chi connectivity index (χ4n) is 2.27. The lowest BCUT2D eigenvalue weighted by molar-refractivity contribution is 0.396. The predicted molar refractivity (Wildman–Crippen MR) is 80.5 cm³/mol. The second-order valence-electron chi connectivity index (χ2n) is 4.88. The molecule has 1 aromatic carbocycles. The van der Waals surface area contributed by atoms with Crippen molar-refractivity contribution in [3.63, 3.8) is 0 Å². The first-order valence-electron chi connectivity index (χ1n) is 6.19. The van der Waals surface area contributed by atoms with Gasteiger partial charge < -0.3 is 0 Å². The van der Waals surface area contributed by atoms with E-state index in [0.29, 0.717) is 10.6 Å². The summed E-state index contributed by atoms with van der Waals surface area (Å²) in [6, 6.07) is 5.42. The summed E-state index contributed by atoms with van der Waals surface area (Å²) >= 11 is 6.04. The summed E-state index contributed by atoms with van der Waals surface area (Å²) in [5, 5.41) is 1.49. The van der Waals surface area contributed by atoms with Crippen molar-refractivity contribution in [3.8, 4) is 0 Å². The first-order chi connectivity index (χ1) is 9.34. The van der Waals surface area contributed by atoms with Crippen molar-refractivity contribution in [2.45, 2.75) is 25.5 Å². The average Bonchev–Trinajstić information content (AvgIpc) is 2.37. The van der Waals surface area contributed by atoms with Crippen LogP contribution in [0.1, 0.15) is 30.9 Å². The molecule has 2 aromatic rings. The largest absolute Gasteiger partial charge is 0.273 e. The van der Waals surface area contributed by atoms with Gasteiger partial charge in [0.2, 0.25) is 0 Å². The molecule has 0 spiro atoms. The number of pyridine rings is 1. The molecular formula is C14H16ClNO3S. The summed E-state index contributed by atoms with van der Waals surface area (Å²) in [6.07, 6.45) is 1.60. The van der Waals surface area contributed by atoms with E-state index >= 15 is 0 Å². The molecule has 0 aliphatic carbocycles. The van der Waals surface area contributed by atoms with Gasteiger partial charge in [0.1, 0.15) is 5.75 Å². The van der Waals surface area contributed by atoms with Gasteiger partial charge in [-0.25, -0.2) is 0 Å². The van der Waals surface area contributed by atoms with Crippen molar-refractivity contribution in [1.29, 1.82) is 0 Å². The lowest BCUT2D eigenvalue weighted by Gasteiger charge is -2.15. The summed E-state index contributed by atoms with van der Waals surface area (Å²) in [5.74, 6) is -0.0343. The molecule has 0 N–H and O–H groups in total. The second kappa shape index (κ2) is 5.68. The highest BCUT2D eigenvalue weighted by atomic mass is 35.5. The van der Waals surface area contributed by atoms with Gasteiger partial charge in [-0.15, -0.1) is 0 Å². The molecule has 1 heterocycles. The van der Waals surface area contributed by atoms with Crippen LogP contribution in [-0.2, 0) is 20.1 Å². The Morgan fingerprint density at radius 3 is 2.65 bits per heavy atom. The Bertz CT molecular complexity index is 741. The second-order valence-corrected chi connectivity index (χ2v) is 7.06. The van der Waals surface area contributed by atoms with Gasteiger partial charge in [-0.2, -0.15) is 8.42 Å². The number of hydrogen-bond acceptors (Lipinski definition) is 4. The fraction of sp³-hybridized carbons (Fsp3) is 0.357. The van der Waals surface area contributed by atoms with Gasteiger partial charge in [0.15, 0.2) is 0 Å². The number of rotatable bonds is 4. The smallest absolute Gasteiger partial charge is 0.271 e. The van der Waals surface area contributed by atoms with Gasteiger partial charge >= 0.3 is 0 Å². The molecule has 2 rings (SSSR count). The van der Waals surface area contributed by atoms with Gasteiger partial charge in [0, 0.05) is 16.6 Å². The molecule has 0 unspecified atom stereocenters. The van der Waals surface area contributed by atoms with E-state index in [1.165, 1.54) is 0 Å². The zero-order valence-corrected chi connectivity index (χ0v) is 13.1. The average molecular weight is 314 g/mol. The van der Waals surface area contributed by atoms with Crippen molar-refractivity contribution in [1.82, 2.24) is 4.98 Å². The summed E-state index contributed by atoms with van der Waals surface area (Å²) in [4.78, 5) is 4.31. The quantitative estimate of drug-likeness (QED) is 0.811. The summed E-state index contributed by atoms with van der Waals surface area (Å²) in [5.41, 5.74) is 2.39. The Hall–Kier alpha value is -1.17. The Labute approximate surface area is 123 Å². The van der Waals surface area contributed by atoms with E-state index in [2.05, 4.69) is 9.17 Å². The highest BCUT2D eigenvalue weighted by molar-refractivity contribution is 7.85. The Kier molecular flexibility index (Phi) is 4.32. The maximum atomic E-state index is 11.7. The zero-order chi connectivity index (χ0) is 14.9. The minimum Gasteiger partial charge on any atom is -0.273 e. The fourth-order valence-corrected chi connectivity index (χ4v) is 3.17. The van der Waals surface area contributed by atoms with Crippen LogP contribution in [0.25, 0.3) is 10.9 Å². The van der Waals surface area contributed by atoms with E-state index < -0.39 is 10.1 Å². The molecule has 0 fully saturated rings. The number of halogens is 1. The highest BCUT2D eigenvalue weighted by Gasteiger charge is 2.18. The van der Waals surface area contributed by atoms with E-state index in [1.54, 1.807) is 12.3 Å². The molecule has 20 heavy (non-hydrogen) atoms. The third-order valence-electron chi connectivity index (χ3n) is 3.12. The van der Waals surface area contributed by atoms with Crippen molar-refractivity contribution < 1.29 is 12.6 Å². The molecule has 0 aliphatic rings. The molecule has 0 radical (unpaired) electrons. The lowest BCUT2D eigenvalue weighted by Crippen LogP contribution is -2.09. The topological polar surface area (TPSA) is 56.3 Å². The molecule has 4 nitrogen and oxygen atoms in total. The number of hydrogen-bond donors (Lipinski definition) is 0. The maximum Gasteiger partial charge on any atom is 0.271 e. The summed E-state index contributed by atoms with van der Waals surface area (Å²) in [6.45, 7) is 4.03. The normalized spacial score (nSPS) is 12.2. The Balaban J connectivity index is 2.69. The third kappa shape index (κ3) is 3.11. The van der Waals surface area contributed by atoms with Crippen LogP contribution in [0.5, 0.6) is 0 Å². The maximum absolute atomic E-state index is 11.7. The molecule has 0 saturated carbocycles. The predicted octanol–water partition coefficient (Wildman–Crippen LogP) is 3.49. The monoisotopic (exact) mass is 313 g/mol. The minimum atomic E-state index is -3.58. The van der Waals surface area contributed by atoms with Gasteiger partial charge in [0.25, 0.3) is 10.1 Å². The van der Waals surface area contributed by atoms with Crippen LogP contribution in [0.4, 0.5) is 0 Å². The molecule has 0 aliphatic heterocycles. The molecule has 0 saturated heterocycles. The summed E-state index contributed by atoms with van der Waals surface area (Å²) in [7, 11) is -2.42. The Morgan fingerprint density at radius 2 is 2.05 bits per heavy atom. The standard InChI is InChI=1S/C14H16ClNO3S/c1-9(2)14-10(8-20(17,18)19-3)7-16-13-5-4-11(15)6-12(13)14/h4-7,9H,8H2,1-3H3. The number of fused-ring (bicyclic) bond motifs is 1.